The summed E-state index contributed by atoms with van der Waals surface area (Å²) in [7, 11) is 4.77. The van der Waals surface area contributed by atoms with Crippen molar-refractivity contribution in [3.05, 3.63) is 53.6 Å². The van der Waals surface area contributed by atoms with Crippen LogP contribution in [0.25, 0.3) is 0 Å². The van der Waals surface area contributed by atoms with Gasteiger partial charge < -0.3 is 24.4 Å². The molecule has 0 aliphatic heterocycles. The maximum Gasteiger partial charge on any atom is 0.242 e. The molecule has 7 heteroatoms. The molecule has 0 saturated carbocycles. The third kappa shape index (κ3) is 6.64. The van der Waals surface area contributed by atoms with E-state index in [1.807, 2.05) is 49.4 Å². The molecule has 31 heavy (non-hydrogen) atoms. The lowest BCUT2D eigenvalue weighted by atomic mass is 10.1. The van der Waals surface area contributed by atoms with Crippen LogP contribution in [0.5, 0.6) is 17.2 Å². The van der Waals surface area contributed by atoms with Gasteiger partial charge in [-0.15, -0.1) is 0 Å². The van der Waals surface area contributed by atoms with Crippen molar-refractivity contribution in [1.82, 2.24) is 10.2 Å². The fraction of sp³-hybridized carbons (Fsp3) is 0.417. The monoisotopic (exact) mass is 428 g/mol. The van der Waals surface area contributed by atoms with E-state index in [0.29, 0.717) is 31.0 Å². The van der Waals surface area contributed by atoms with Gasteiger partial charge in [0.05, 0.1) is 21.3 Å². The summed E-state index contributed by atoms with van der Waals surface area (Å²) in [6, 6.07) is 12.5. The number of hydrogen-bond acceptors (Lipinski definition) is 5. The van der Waals surface area contributed by atoms with Gasteiger partial charge in [-0.2, -0.15) is 0 Å². The zero-order chi connectivity index (χ0) is 22.8. The molecule has 0 aliphatic carbocycles. The van der Waals surface area contributed by atoms with E-state index < -0.39 is 6.04 Å². The Balaban J connectivity index is 2.15. The molecule has 168 valence electrons. The molecule has 2 amide bonds. The highest BCUT2D eigenvalue weighted by Gasteiger charge is 2.25. The van der Waals surface area contributed by atoms with E-state index in [1.165, 1.54) is 0 Å². The van der Waals surface area contributed by atoms with Crippen molar-refractivity contribution in [1.29, 1.82) is 0 Å². The van der Waals surface area contributed by atoms with E-state index >= 15 is 0 Å². The molecule has 2 rings (SSSR count). The Kier molecular flexibility index (Phi) is 9.18. The summed E-state index contributed by atoms with van der Waals surface area (Å²) in [5.74, 6) is 1.74. The molecule has 0 radical (unpaired) electrons. The molecule has 0 heterocycles. The molecule has 1 N–H and O–H groups in total. The Hall–Kier alpha value is -3.22. The molecule has 0 aromatic heterocycles. The number of hydrogen-bond donors (Lipinski definition) is 1. The number of amides is 2. The number of ether oxygens (including phenoxy) is 3. The second-order valence-corrected chi connectivity index (χ2v) is 7.13. The molecule has 0 bridgehead atoms. The van der Waals surface area contributed by atoms with Crippen LogP contribution in [0.2, 0.25) is 0 Å². The topological polar surface area (TPSA) is 77.1 Å². The van der Waals surface area contributed by atoms with Gasteiger partial charge in [-0.1, -0.05) is 18.2 Å². The fourth-order valence-corrected chi connectivity index (χ4v) is 3.26. The molecule has 0 spiro atoms. The fourth-order valence-electron chi connectivity index (χ4n) is 3.26. The summed E-state index contributed by atoms with van der Waals surface area (Å²) in [5.41, 5.74) is 1.89. The highest BCUT2D eigenvalue weighted by Crippen LogP contribution is 2.28. The third-order valence-corrected chi connectivity index (χ3v) is 5.11. The van der Waals surface area contributed by atoms with Gasteiger partial charge in [0.15, 0.2) is 11.5 Å². The van der Waals surface area contributed by atoms with Crippen LogP contribution in [-0.2, 0) is 22.6 Å². The summed E-state index contributed by atoms with van der Waals surface area (Å²) in [4.78, 5) is 27.2. The summed E-state index contributed by atoms with van der Waals surface area (Å²) >= 11 is 0. The standard InChI is InChI=1S/C24H32N2O5/c1-6-25-24(28)17(2)26(16-19-7-11-20(29-3)12-8-19)23(27)14-10-18-9-13-21(30-4)22(15-18)31-5/h7-9,11-13,15,17H,6,10,14,16H2,1-5H3,(H,25,28)/t17-/m0/s1. The van der Waals surface area contributed by atoms with Crippen molar-refractivity contribution in [3.63, 3.8) is 0 Å². The van der Waals surface area contributed by atoms with Crippen LogP contribution in [0.3, 0.4) is 0 Å². The molecule has 1 atom stereocenters. The minimum atomic E-state index is -0.583. The second kappa shape index (κ2) is 11.8. The van der Waals surface area contributed by atoms with E-state index in [4.69, 9.17) is 14.2 Å². The van der Waals surface area contributed by atoms with Gasteiger partial charge in [-0.25, -0.2) is 0 Å². The van der Waals surface area contributed by atoms with Gasteiger partial charge >= 0.3 is 0 Å². The molecular weight excluding hydrogens is 396 g/mol. The Morgan fingerprint density at radius 1 is 0.935 bits per heavy atom. The highest BCUT2D eigenvalue weighted by molar-refractivity contribution is 5.87. The van der Waals surface area contributed by atoms with Crippen molar-refractivity contribution >= 4 is 11.8 Å². The summed E-state index contributed by atoms with van der Waals surface area (Å²) in [5, 5.41) is 2.80. The van der Waals surface area contributed by atoms with Crippen LogP contribution in [0.4, 0.5) is 0 Å². The normalized spacial score (nSPS) is 11.4. The van der Waals surface area contributed by atoms with Crippen molar-refractivity contribution in [2.45, 2.75) is 39.3 Å². The lowest BCUT2D eigenvalue weighted by Crippen LogP contribution is -2.47. The SMILES string of the molecule is CCNC(=O)[C@H](C)N(Cc1ccc(OC)cc1)C(=O)CCc1ccc(OC)c(OC)c1. The molecular formula is C24H32N2O5. The predicted octanol–water partition coefficient (Wildman–Crippen LogP) is 3.20. The van der Waals surface area contributed by atoms with Crippen LogP contribution in [0.15, 0.2) is 42.5 Å². The molecule has 2 aromatic rings. The molecule has 0 unspecified atom stereocenters. The van der Waals surface area contributed by atoms with Gasteiger partial charge in [0.1, 0.15) is 11.8 Å². The molecule has 0 fully saturated rings. The largest absolute Gasteiger partial charge is 0.497 e. The number of carbonyl (C=O) groups excluding carboxylic acids is 2. The number of rotatable bonds is 11. The number of nitrogens with one attached hydrogen (secondary N) is 1. The van der Waals surface area contributed by atoms with Gasteiger partial charge in [0.25, 0.3) is 0 Å². The van der Waals surface area contributed by atoms with Crippen molar-refractivity contribution < 1.29 is 23.8 Å². The van der Waals surface area contributed by atoms with E-state index in [0.717, 1.165) is 16.9 Å². The molecule has 0 aliphatic rings. The van der Waals surface area contributed by atoms with Crippen LogP contribution in [0, 0.1) is 0 Å². The Labute approximate surface area is 184 Å². The highest BCUT2D eigenvalue weighted by atomic mass is 16.5. The number of nitrogens with zero attached hydrogens (tertiary/aromatic N) is 1. The Morgan fingerprint density at radius 2 is 1.58 bits per heavy atom. The quantitative estimate of drug-likeness (QED) is 0.595. The lowest BCUT2D eigenvalue weighted by molar-refractivity contribution is -0.140. The van der Waals surface area contributed by atoms with E-state index in [1.54, 1.807) is 33.2 Å². The van der Waals surface area contributed by atoms with Crippen LogP contribution in [0.1, 0.15) is 31.4 Å². The number of benzene rings is 2. The minimum Gasteiger partial charge on any atom is -0.497 e. The predicted molar refractivity (Wildman–Crippen MR) is 120 cm³/mol. The maximum atomic E-state index is 13.1. The zero-order valence-electron chi connectivity index (χ0n) is 18.9. The molecule has 2 aromatic carbocycles. The number of aryl methyl sites for hydroxylation is 1. The van der Waals surface area contributed by atoms with Gasteiger partial charge in [0, 0.05) is 19.5 Å². The summed E-state index contributed by atoms with van der Waals surface area (Å²) in [6.07, 6.45) is 0.801. The van der Waals surface area contributed by atoms with Gasteiger partial charge in [0.2, 0.25) is 11.8 Å². The van der Waals surface area contributed by atoms with Crippen LogP contribution >= 0.6 is 0 Å². The van der Waals surface area contributed by atoms with Crippen molar-refractivity contribution in [2.24, 2.45) is 0 Å². The number of likely N-dealkylation sites (N-methyl/N-ethyl adjacent to an activating group) is 1. The average Bonchev–Trinajstić information content (AvgIpc) is 2.80. The van der Waals surface area contributed by atoms with Gasteiger partial charge in [-0.05, 0) is 55.7 Å². The second-order valence-electron chi connectivity index (χ2n) is 7.13. The first-order valence-corrected chi connectivity index (χ1v) is 10.3. The Morgan fingerprint density at radius 3 is 2.16 bits per heavy atom. The molecule has 0 saturated heterocycles. The Bertz CT molecular complexity index is 867. The summed E-state index contributed by atoms with van der Waals surface area (Å²) in [6.45, 7) is 4.46. The number of methoxy groups -OCH3 is 3. The maximum absolute atomic E-state index is 13.1. The van der Waals surface area contributed by atoms with Crippen molar-refractivity contribution in [3.8, 4) is 17.2 Å². The van der Waals surface area contributed by atoms with E-state index in [9.17, 15) is 9.59 Å². The smallest absolute Gasteiger partial charge is 0.242 e. The first kappa shape index (κ1) is 24.1. The average molecular weight is 429 g/mol. The molecule has 7 nitrogen and oxygen atoms in total. The van der Waals surface area contributed by atoms with E-state index in [2.05, 4.69) is 5.32 Å². The minimum absolute atomic E-state index is 0.0932. The third-order valence-electron chi connectivity index (χ3n) is 5.11. The first-order chi connectivity index (χ1) is 14.9. The number of carbonyl (C=O) groups is 2. The van der Waals surface area contributed by atoms with Crippen LogP contribution < -0.4 is 19.5 Å². The van der Waals surface area contributed by atoms with Gasteiger partial charge in [-0.3, -0.25) is 9.59 Å². The summed E-state index contributed by atoms with van der Waals surface area (Å²) < 4.78 is 15.8. The van der Waals surface area contributed by atoms with Crippen molar-refractivity contribution in [2.75, 3.05) is 27.9 Å². The lowest BCUT2D eigenvalue weighted by Gasteiger charge is -2.29. The first-order valence-electron chi connectivity index (χ1n) is 10.3. The van der Waals surface area contributed by atoms with E-state index in [-0.39, 0.29) is 18.2 Å². The zero-order valence-corrected chi connectivity index (χ0v) is 18.9. The van der Waals surface area contributed by atoms with Crippen LogP contribution in [-0.4, -0.2) is 50.6 Å².